The Labute approximate surface area is 137 Å². The van der Waals surface area contributed by atoms with Crippen molar-refractivity contribution in [2.75, 3.05) is 32.7 Å². The SMILES string of the molecule is Cn1ccc(C(=O)N2CCN(C[C@@H](O)C(C)(C)C)CC2)cc1=O. The van der Waals surface area contributed by atoms with Crippen LogP contribution >= 0.6 is 0 Å². The fourth-order valence-electron chi connectivity index (χ4n) is 2.52. The summed E-state index contributed by atoms with van der Waals surface area (Å²) in [4.78, 5) is 28.1. The standard InChI is InChI=1S/C17H27N3O3/c1-17(2,3)14(21)12-19-7-9-20(10-8-19)16(23)13-5-6-18(4)15(22)11-13/h5-6,11,14,21H,7-10,12H2,1-4H3/t14-/m1/s1. The molecule has 6 nitrogen and oxygen atoms in total. The van der Waals surface area contributed by atoms with E-state index in [1.807, 2.05) is 20.8 Å². The van der Waals surface area contributed by atoms with Crippen molar-refractivity contribution in [3.63, 3.8) is 0 Å². The molecular formula is C17H27N3O3. The van der Waals surface area contributed by atoms with Gasteiger partial charge in [0.2, 0.25) is 0 Å². The molecule has 1 atom stereocenters. The van der Waals surface area contributed by atoms with E-state index in [9.17, 15) is 14.7 Å². The molecule has 0 saturated carbocycles. The Kier molecular flexibility index (Phi) is 5.26. The van der Waals surface area contributed by atoms with E-state index < -0.39 is 0 Å². The Morgan fingerprint density at radius 3 is 2.39 bits per heavy atom. The van der Waals surface area contributed by atoms with Gasteiger partial charge in [-0.3, -0.25) is 14.5 Å². The highest BCUT2D eigenvalue weighted by Crippen LogP contribution is 2.20. The smallest absolute Gasteiger partial charge is 0.254 e. The lowest BCUT2D eigenvalue weighted by Gasteiger charge is -2.38. The quantitative estimate of drug-likeness (QED) is 0.883. The van der Waals surface area contributed by atoms with Gasteiger partial charge in [0.05, 0.1) is 6.10 Å². The van der Waals surface area contributed by atoms with Gasteiger partial charge in [-0.2, -0.15) is 0 Å². The molecule has 1 amide bonds. The first-order valence-electron chi connectivity index (χ1n) is 8.05. The molecule has 1 aromatic heterocycles. The maximum atomic E-state index is 12.5. The van der Waals surface area contributed by atoms with E-state index in [-0.39, 0.29) is 23.0 Å². The predicted octanol–water partition coefficient (Wildman–Crippen LogP) is 0.550. The number of carbonyl (C=O) groups is 1. The molecule has 2 heterocycles. The van der Waals surface area contributed by atoms with E-state index in [0.29, 0.717) is 25.2 Å². The van der Waals surface area contributed by atoms with Crippen LogP contribution in [0.2, 0.25) is 0 Å². The number of amides is 1. The number of aliphatic hydroxyl groups is 1. The number of hydrogen-bond donors (Lipinski definition) is 1. The Morgan fingerprint density at radius 1 is 1.26 bits per heavy atom. The van der Waals surface area contributed by atoms with Gasteiger partial charge in [-0.15, -0.1) is 0 Å². The van der Waals surface area contributed by atoms with E-state index in [4.69, 9.17) is 0 Å². The van der Waals surface area contributed by atoms with Crippen LogP contribution in [-0.4, -0.2) is 64.2 Å². The van der Waals surface area contributed by atoms with E-state index in [1.54, 1.807) is 24.2 Å². The minimum Gasteiger partial charge on any atom is -0.391 e. The zero-order valence-electron chi connectivity index (χ0n) is 14.5. The van der Waals surface area contributed by atoms with E-state index in [1.165, 1.54) is 10.6 Å². The van der Waals surface area contributed by atoms with Crippen LogP contribution in [0.5, 0.6) is 0 Å². The lowest BCUT2D eigenvalue weighted by atomic mass is 9.89. The number of rotatable bonds is 3. The minimum absolute atomic E-state index is 0.0984. The normalized spacial score (nSPS) is 18.0. The molecule has 1 fully saturated rings. The summed E-state index contributed by atoms with van der Waals surface area (Å²) in [6.45, 7) is 9.40. The van der Waals surface area contributed by atoms with Gasteiger partial charge < -0.3 is 14.6 Å². The third-order valence-corrected chi connectivity index (χ3v) is 4.44. The first-order chi connectivity index (χ1) is 10.7. The van der Waals surface area contributed by atoms with E-state index in [0.717, 1.165) is 13.1 Å². The third kappa shape index (κ3) is 4.42. The van der Waals surface area contributed by atoms with Gasteiger partial charge in [-0.1, -0.05) is 20.8 Å². The highest BCUT2D eigenvalue weighted by Gasteiger charge is 2.27. The molecule has 6 heteroatoms. The number of β-amino-alcohol motifs (C(OH)–C–C–N with tert-alkyl or cyclic N) is 1. The summed E-state index contributed by atoms with van der Waals surface area (Å²) in [6, 6.07) is 3.07. The zero-order chi connectivity index (χ0) is 17.2. The summed E-state index contributed by atoms with van der Waals surface area (Å²) in [5.74, 6) is -0.0984. The molecule has 128 valence electrons. The number of carbonyl (C=O) groups excluding carboxylic acids is 1. The molecule has 2 rings (SSSR count). The van der Waals surface area contributed by atoms with Gasteiger partial charge in [0.15, 0.2) is 0 Å². The molecule has 1 saturated heterocycles. The van der Waals surface area contributed by atoms with Gasteiger partial charge in [0, 0.05) is 57.6 Å². The first kappa shape index (κ1) is 17.7. The minimum atomic E-state index is -0.387. The topological polar surface area (TPSA) is 65.8 Å². The van der Waals surface area contributed by atoms with Crippen LogP contribution < -0.4 is 5.56 Å². The fraction of sp³-hybridized carbons (Fsp3) is 0.647. The number of piperazine rings is 1. The summed E-state index contributed by atoms with van der Waals surface area (Å²) in [7, 11) is 1.66. The van der Waals surface area contributed by atoms with Crippen molar-refractivity contribution in [2.24, 2.45) is 12.5 Å². The number of aryl methyl sites for hydroxylation is 1. The van der Waals surface area contributed by atoms with Crippen LogP contribution in [0, 0.1) is 5.41 Å². The molecule has 1 N–H and O–H groups in total. The summed E-state index contributed by atoms with van der Waals surface area (Å²) >= 11 is 0. The number of hydrogen-bond acceptors (Lipinski definition) is 4. The maximum absolute atomic E-state index is 12.5. The molecule has 0 spiro atoms. The van der Waals surface area contributed by atoms with Gasteiger partial charge in [-0.25, -0.2) is 0 Å². The van der Waals surface area contributed by atoms with Gasteiger partial charge in [0.1, 0.15) is 0 Å². The summed E-state index contributed by atoms with van der Waals surface area (Å²) in [6.07, 6.45) is 1.23. The number of nitrogens with zero attached hydrogens (tertiary/aromatic N) is 3. The Hall–Kier alpha value is -1.66. The van der Waals surface area contributed by atoms with Gasteiger partial charge in [-0.05, 0) is 11.5 Å². The monoisotopic (exact) mass is 321 g/mol. The van der Waals surface area contributed by atoms with Gasteiger partial charge in [0.25, 0.3) is 11.5 Å². The molecule has 0 radical (unpaired) electrons. The number of pyridine rings is 1. The van der Waals surface area contributed by atoms with Gasteiger partial charge >= 0.3 is 0 Å². The van der Waals surface area contributed by atoms with Crippen LogP contribution in [0.25, 0.3) is 0 Å². The average molecular weight is 321 g/mol. The molecule has 0 unspecified atom stereocenters. The second-order valence-corrected chi connectivity index (χ2v) is 7.34. The second-order valence-electron chi connectivity index (χ2n) is 7.34. The zero-order valence-corrected chi connectivity index (χ0v) is 14.5. The predicted molar refractivity (Wildman–Crippen MR) is 89.5 cm³/mol. The molecule has 23 heavy (non-hydrogen) atoms. The van der Waals surface area contributed by atoms with Crippen molar-refractivity contribution in [3.05, 3.63) is 34.2 Å². The van der Waals surface area contributed by atoms with Crippen LogP contribution in [-0.2, 0) is 7.05 Å². The Morgan fingerprint density at radius 2 is 1.87 bits per heavy atom. The van der Waals surface area contributed by atoms with Crippen molar-refractivity contribution in [2.45, 2.75) is 26.9 Å². The molecular weight excluding hydrogens is 294 g/mol. The largest absolute Gasteiger partial charge is 0.391 e. The second kappa shape index (κ2) is 6.84. The van der Waals surface area contributed by atoms with Crippen LogP contribution in [0.4, 0.5) is 0 Å². The molecule has 0 aromatic carbocycles. The van der Waals surface area contributed by atoms with E-state index in [2.05, 4.69) is 4.90 Å². The Bertz CT molecular complexity index is 610. The first-order valence-corrected chi connectivity index (χ1v) is 8.05. The molecule has 1 aliphatic rings. The van der Waals surface area contributed by atoms with Crippen LogP contribution in [0.1, 0.15) is 31.1 Å². The van der Waals surface area contributed by atoms with Crippen molar-refractivity contribution in [1.82, 2.24) is 14.4 Å². The van der Waals surface area contributed by atoms with Crippen LogP contribution in [0.3, 0.4) is 0 Å². The highest BCUT2D eigenvalue weighted by molar-refractivity contribution is 5.94. The fourth-order valence-corrected chi connectivity index (χ4v) is 2.52. The van der Waals surface area contributed by atoms with Crippen molar-refractivity contribution in [3.8, 4) is 0 Å². The highest BCUT2D eigenvalue weighted by atomic mass is 16.3. The van der Waals surface area contributed by atoms with Crippen molar-refractivity contribution >= 4 is 5.91 Å². The number of aromatic nitrogens is 1. The molecule has 1 aromatic rings. The molecule has 1 aliphatic heterocycles. The molecule has 0 bridgehead atoms. The third-order valence-electron chi connectivity index (χ3n) is 4.44. The molecule has 0 aliphatic carbocycles. The van der Waals surface area contributed by atoms with Crippen molar-refractivity contribution in [1.29, 1.82) is 0 Å². The lowest BCUT2D eigenvalue weighted by Crippen LogP contribution is -2.51. The van der Waals surface area contributed by atoms with E-state index >= 15 is 0 Å². The van der Waals surface area contributed by atoms with Crippen molar-refractivity contribution < 1.29 is 9.90 Å². The lowest BCUT2D eigenvalue weighted by molar-refractivity contribution is 0.0137. The Balaban J connectivity index is 1.92. The maximum Gasteiger partial charge on any atom is 0.254 e. The summed E-state index contributed by atoms with van der Waals surface area (Å²) < 4.78 is 1.45. The summed E-state index contributed by atoms with van der Waals surface area (Å²) in [5, 5.41) is 10.2. The summed E-state index contributed by atoms with van der Waals surface area (Å²) in [5.41, 5.74) is 0.121. The average Bonchev–Trinajstić information content (AvgIpc) is 2.49. The number of aliphatic hydroxyl groups excluding tert-OH is 1. The van der Waals surface area contributed by atoms with Crippen LogP contribution in [0.15, 0.2) is 23.1 Å².